The van der Waals surface area contributed by atoms with Crippen LogP contribution in [0.4, 0.5) is 8.78 Å². The summed E-state index contributed by atoms with van der Waals surface area (Å²) in [5.41, 5.74) is 0.111. The van der Waals surface area contributed by atoms with E-state index in [1.54, 1.807) is 0 Å². The van der Waals surface area contributed by atoms with Crippen molar-refractivity contribution in [2.24, 2.45) is 0 Å². The third-order valence-electron chi connectivity index (χ3n) is 2.60. The van der Waals surface area contributed by atoms with Crippen LogP contribution in [0.5, 0.6) is 0 Å². The van der Waals surface area contributed by atoms with Crippen LogP contribution in [-0.4, -0.2) is 39.6 Å². The van der Waals surface area contributed by atoms with Crippen molar-refractivity contribution in [1.82, 2.24) is 10.6 Å². The number of hydrogen-bond acceptors (Lipinski definition) is 4. The fourth-order valence-electron chi connectivity index (χ4n) is 1.42. The Morgan fingerprint density at radius 2 is 1.76 bits per heavy atom. The molecule has 0 saturated carbocycles. The molecule has 0 saturated heterocycles. The second-order valence-electron chi connectivity index (χ2n) is 4.01. The van der Waals surface area contributed by atoms with Gasteiger partial charge in [0.1, 0.15) is 0 Å². The van der Waals surface area contributed by atoms with E-state index in [1.165, 1.54) is 7.05 Å². The normalized spacial score (nSPS) is 11.2. The number of benzene rings is 1. The zero-order valence-electron chi connectivity index (χ0n) is 11.1. The van der Waals surface area contributed by atoms with E-state index in [-0.39, 0.29) is 24.4 Å². The van der Waals surface area contributed by atoms with Crippen molar-refractivity contribution in [2.45, 2.75) is 17.1 Å². The van der Waals surface area contributed by atoms with E-state index in [9.17, 15) is 26.8 Å². The molecule has 0 atom stereocenters. The second kappa shape index (κ2) is 7.11. The first-order valence-electron chi connectivity index (χ1n) is 5.90. The number of carbonyl (C=O) groups excluding carboxylic acids is 2. The molecule has 0 bridgehead atoms. The number of amides is 2. The summed E-state index contributed by atoms with van der Waals surface area (Å²) >= 11 is 0. The lowest BCUT2D eigenvalue weighted by atomic mass is 10.2. The summed E-state index contributed by atoms with van der Waals surface area (Å²) in [4.78, 5) is 22.1. The van der Waals surface area contributed by atoms with Crippen molar-refractivity contribution in [3.63, 3.8) is 0 Å². The Labute approximate surface area is 120 Å². The number of hydrogen-bond donors (Lipinski definition) is 2. The molecule has 0 aromatic heterocycles. The molecule has 0 aliphatic rings. The summed E-state index contributed by atoms with van der Waals surface area (Å²) in [7, 11) is -3.20. The van der Waals surface area contributed by atoms with Gasteiger partial charge in [-0.15, -0.1) is 0 Å². The Morgan fingerprint density at radius 3 is 2.24 bits per heavy atom. The van der Waals surface area contributed by atoms with E-state index in [4.69, 9.17) is 0 Å². The molecule has 9 heteroatoms. The maximum absolute atomic E-state index is 12.3. The first-order chi connectivity index (χ1) is 9.78. The third kappa shape index (κ3) is 4.48. The molecule has 1 aromatic carbocycles. The van der Waals surface area contributed by atoms with Crippen LogP contribution >= 0.6 is 0 Å². The van der Waals surface area contributed by atoms with Crippen LogP contribution in [0, 0.1) is 0 Å². The maximum atomic E-state index is 12.3. The van der Waals surface area contributed by atoms with E-state index >= 15 is 0 Å². The number of rotatable bonds is 6. The number of sulfone groups is 1. The molecule has 21 heavy (non-hydrogen) atoms. The van der Waals surface area contributed by atoms with Gasteiger partial charge in [-0.3, -0.25) is 9.59 Å². The molecule has 0 unspecified atom stereocenters. The monoisotopic (exact) mass is 320 g/mol. The average Bonchev–Trinajstić information content (AvgIpc) is 2.46. The van der Waals surface area contributed by atoms with E-state index in [0.717, 1.165) is 24.3 Å². The van der Waals surface area contributed by atoms with Crippen molar-refractivity contribution >= 4 is 21.7 Å². The molecule has 0 heterocycles. The van der Waals surface area contributed by atoms with Crippen molar-refractivity contribution in [2.75, 3.05) is 13.6 Å². The molecule has 116 valence electrons. The van der Waals surface area contributed by atoms with Crippen LogP contribution in [0.2, 0.25) is 0 Å². The van der Waals surface area contributed by atoms with Gasteiger partial charge in [-0.2, -0.15) is 8.78 Å². The van der Waals surface area contributed by atoms with Crippen LogP contribution in [0.15, 0.2) is 29.2 Å². The first kappa shape index (κ1) is 17.0. The van der Waals surface area contributed by atoms with Crippen molar-refractivity contribution in [3.05, 3.63) is 29.8 Å². The zero-order valence-corrected chi connectivity index (χ0v) is 11.9. The molecule has 2 amide bonds. The maximum Gasteiger partial charge on any atom is 0.341 e. The fourth-order valence-corrected chi connectivity index (χ4v) is 2.14. The summed E-state index contributed by atoms with van der Waals surface area (Å²) in [6, 6.07) is 4.14. The number of halogens is 2. The quantitative estimate of drug-likeness (QED) is 0.800. The third-order valence-corrected chi connectivity index (χ3v) is 3.99. The number of alkyl halides is 2. The van der Waals surface area contributed by atoms with E-state index in [0.29, 0.717) is 0 Å². The van der Waals surface area contributed by atoms with Gasteiger partial charge in [0.25, 0.3) is 5.91 Å². The molecule has 2 N–H and O–H groups in total. The summed E-state index contributed by atoms with van der Waals surface area (Å²) in [5, 5.41) is 4.83. The Bertz CT molecular complexity index is 615. The molecule has 0 radical (unpaired) electrons. The number of carbonyl (C=O) groups is 2. The second-order valence-corrected chi connectivity index (χ2v) is 5.93. The largest absolute Gasteiger partial charge is 0.359 e. The minimum Gasteiger partial charge on any atom is -0.359 e. The molecule has 1 aromatic rings. The molecule has 0 aliphatic carbocycles. The Hall–Kier alpha value is -2.03. The predicted molar refractivity (Wildman–Crippen MR) is 70.6 cm³/mol. The van der Waals surface area contributed by atoms with Gasteiger partial charge in [-0.25, -0.2) is 8.42 Å². The molecule has 0 fully saturated rings. The van der Waals surface area contributed by atoms with Gasteiger partial charge in [0.2, 0.25) is 15.7 Å². The fraction of sp³-hybridized carbons (Fsp3) is 0.333. The molecule has 1 rings (SSSR count). The topological polar surface area (TPSA) is 92.3 Å². The molecular formula is C12H14F2N2O4S. The Morgan fingerprint density at radius 1 is 1.19 bits per heavy atom. The van der Waals surface area contributed by atoms with Crippen LogP contribution in [0.1, 0.15) is 16.8 Å². The van der Waals surface area contributed by atoms with E-state index in [1.807, 2.05) is 0 Å². The molecule has 0 spiro atoms. The Balaban J connectivity index is 2.70. The Kier molecular flexibility index (Phi) is 5.77. The van der Waals surface area contributed by atoms with Crippen molar-refractivity contribution in [1.29, 1.82) is 0 Å². The molecular weight excluding hydrogens is 306 g/mol. The van der Waals surface area contributed by atoms with Gasteiger partial charge in [0.15, 0.2) is 0 Å². The van der Waals surface area contributed by atoms with Gasteiger partial charge in [0, 0.05) is 25.6 Å². The number of nitrogens with one attached hydrogen (secondary N) is 2. The van der Waals surface area contributed by atoms with Gasteiger partial charge in [-0.05, 0) is 24.3 Å². The highest BCUT2D eigenvalue weighted by atomic mass is 32.2. The van der Waals surface area contributed by atoms with Crippen molar-refractivity contribution in [3.8, 4) is 0 Å². The summed E-state index contributed by atoms with van der Waals surface area (Å²) < 4.78 is 47.1. The summed E-state index contributed by atoms with van der Waals surface area (Å²) in [6.07, 6.45) is 0.0973. The first-order valence-corrected chi connectivity index (χ1v) is 7.44. The van der Waals surface area contributed by atoms with Crippen LogP contribution in [0.3, 0.4) is 0 Å². The minimum atomic E-state index is -4.67. The molecule has 6 nitrogen and oxygen atoms in total. The highest BCUT2D eigenvalue weighted by Gasteiger charge is 2.26. The summed E-state index contributed by atoms with van der Waals surface area (Å²) in [6.45, 7) is 0.107. The smallest absolute Gasteiger partial charge is 0.341 e. The summed E-state index contributed by atoms with van der Waals surface area (Å²) in [5.74, 6) is -4.28. The minimum absolute atomic E-state index is 0.0973. The van der Waals surface area contributed by atoms with Crippen LogP contribution in [-0.2, 0) is 14.6 Å². The average molecular weight is 320 g/mol. The lowest BCUT2D eigenvalue weighted by Gasteiger charge is -2.06. The van der Waals surface area contributed by atoms with E-state index < -0.39 is 26.4 Å². The van der Waals surface area contributed by atoms with Crippen LogP contribution in [0.25, 0.3) is 0 Å². The van der Waals surface area contributed by atoms with Gasteiger partial charge >= 0.3 is 5.76 Å². The predicted octanol–water partition coefficient (Wildman–Crippen LogP) is 0.549. The molecule has 0 aliphatic heterocycles. The SMILES string of the molecule is CNC(=O)CCNC(=O)c1ccc(S(=O)(=O)C(F)F)cc1. The highest BCUT2D eigenvalue weighted by molar-refractivity contribution is 7.91. The van der Waals surface area contributed by atoms with Gasteiger partial charge < -0.3 is 10.6 Å². The van der Waals surface area contributed by atoms with Gasteiger partial charge in [-0.1, -0.05) is 0 Å². The van der Waals surface area contributed by atoms with Gasteiger partial charge in [0.05, 0.1) is 4.90 Å². The standard InChI is InChI=1S/C12H14F2N2O4S/c1-15-10(17)6-7-16-11(18)8-2-4-9(5-3-8)21(19,20)12(13)14/h2-5,12H,6-7H2,1H3,(H,15,17)(H,16,18). The lowest BCUT2D eigenvalue weighted by Crippen LogP contribution is -2.29. The van der Waals surface area contributed by atoms with Crippen LogP contribution < -0.4 is 10.6 Å². The zero-order chi connectivity index (χ0) is 16.0. The van der Waals surface area contributed by atoms with Crippen molar-refractivity contribution < 1.29 is 26.8 Å². The highest BCUT2D eigenvalue weighted by Crippen LogP contribution is 2.18. The van der Waals surface area contributed by atoms with E-state index in [2.05, 4.69) is 10.6 Å². The lowest BCUT2D eigenvalue weighted by molar-refractivity contribution is -0.120.